The number of ether oxygens (including phenoxy) is 2. The number of hydrogen-bond donors (Lipinski definition) is 0. The Hall–Kier alpha value is -1.51. The minimum atomic E-state index is 0.00631. The summed E-state index contributed by atoms with van der Waals surface area (Å²) in [5.74, 6) is 1.42. The summed E-state index contributed by atoms with van der Waals surface area (Å²) in [5, 5.41) is 0. The van der Waals surface area contributed by atoms with Gasteiger partial charge in [0.05, 0.1) is 6.61 Å². The molecule has 0 fully saturated rings. The molecule has 1 rings (SSSR count). The van der Waals surface area contributed by atoms with Gasteiger partial charge in [0.25, 0.3) is 0 Å². The molecule has 0 bridgehead atoms. The summed E-state index contributed by atoms with van der Waals surface area (Å²) < 4.78 is 10.5. The molecular formula is C11H14O3. The van der Waals surface area contributed by atoms with Gasteiger partial charge in [0.2, 0.25) is 0 Å². The lowest BCUT2D eigenvalue weighted by Crippen LogP contribution is -2.06. The molecule has 1 aromatic rings. The molecule has 3 heteroatoms. The molecule has 0 saturated heterocycles. The van der Waals surface area contributed by atoms with E-state index < -0.39 is 0 Å². The highest BCUT2D eigenvalue weighted by Crippen LogP contribution is 2.19. The number of carbonyl (C=O) groups is 1. The summed E-state index contributed by atoms with van der Waals surface area (Å²) in [7, 11) is 0. The van der Waals surface area contributed by atoms with Crippen LogP contribution in [0.2, 0.25) is 0 Å². The fraction of sp³-hybridized carbons (Fsp3) is 0.364. The van der Waals surface area contributed by atoms with Crippen LogP contribution >= 0.6 is 0 Å². The van der Waals surface area contributed by atoms with E-state index in [-0.39, 0.29) is 12.4 Å². The van der Waals surface area contributed by atoms with Crippen molar-refractivity contribution in [3.8, 4) is 11.5 Å². The first-order chi connectivity index (χ1) is 6.72. The van der Waals surface area contributed by atoms with Crippen LogP contribution in [0.5, 0.6) is 11.5 Å². The van der Waals surface area contributed by atoms with Crippen molar-refractivity contribution in [1.29, 1.82) is 0 Å². The minimum absolute atomic E-state index is 0.00631. The number of hydrogen-bond acceptors (Lipinski definition) is 3. The molecule has 0 amide bonds. The van der Waals surface area contributed by atoms with Crippen LogP contribution < -0.4 is 9.47 Å². The van der Waals surface area contributed by atoms with E-state index in [0.717, 1.165) is 5.75 Å². The van der Waals surface area contributed by atoms with Crippen LogP contribution in [0, 0.1) is 0 Å². The van der Waals surface area contributed by atoms with E-state index in [1.54, 1.807) is 12.1 Å². The third kappa shape index (κ3) is 3.47. The number of Topliss-reactive ketones (excluding diaryl/α,β-unsaturated/α-hetero) is 1. The highest BCUT2D eigenvalue weighted by atomic mass is 16.5. The van der Waals surface area contributed by atoms with Gasteiger partial charge in [-0.05, 0) is 26.0 Å². The third-order valence-electron chi connectivity index (χ3n) is 1.56. The second-order valence-corrected chi connectivity index (χ2v) is 2.90. The molecule has 0 aliphatic carbocycles. The van der Waals surface area contributed by atoms with Gasteiger partial charge in [-0.3, -0.25) is 4.79 Å². The third-order valence-corrected chi connectivity index (χ3v) is 1.56. The van der Waals surface area contributed by atoms with Gasteiger partial charge >= 0.3 is 0 Å². The van der Waals surface area contributed by atoms with Crippen molar-refractivity contribution in [3.63, 3.8) is 0 Å². The van der Waals surface area contributed by atoms with Crippen molar-refractivity contribution in [2.75, 3.05) is 13.2 Å². The zero-order valence-electron chi connectivity index (χ0n) is 8.45. The molecule has 3 nitrogen and oxygen atoms in total. The van der Waals surface area contributed by atoms with E-state index >= 15 is 0 Å². The normalized spacial score (nSPS) is 9.57. The van der Waals surface area contributed by atoms with Crippen molar-refractivity contribution >= 4 is 5.78 Å². The quantitative estimate of drug-likeness (QED) is 0.719. The predicted octanol–water partition coefficient (Wildman–Crippen LogP) is 2.05. The SMILES string of the molecule is CCOc1cccc(OCC(C)=O)c1. The zero-order chi connectivity index (χ0) is 10.4. The summed E-state index contributed by atoms with van der Waals surface area (Å²) in [6.07, 6.45) is 0. The van der Waals surface area contributed by atoms with Crippen LogP contribution in [-0.2, 0) is 4.79 Å². The largest absolute Gasteiger partial charge is 0.494 e. The molecule has 0 aliphatic rings. The van der Waals surface area contributed by atoms with Crippen molar-refractivity contribution in [1.82, 2.24) is 0 Å². The van der Waals surface area contributed by atoms with Gasteiger partial charge in [0, 0.05) is 6.07 Å². The van der Waals surface area contributed by atoms with Crippen molar-refractivity contribution in [2.45, 2.75) is 13.8 Å². The first-order valence-electron chi connectivity index (χ1n) is 4.57. The van der Waals surface area contributed by atoms with Crippen molar-refractivity contribution in [2.24, 2.45) is 0 Å². The van der Waals surface area contributed by atoms with E-state index in [1.807, 2.05) is 19.1 Å². The Morgan fingerprint density at radius 1 is 1.29 bits per heavy atom. The fourth-order valence-electron chi connectivity index (χ4n) is 1.01. The van der Waals surface area contributed by atoms with E-state index in [4.69, 9.17) is 9.47 Å². The second-order valence-electron chi connectivity index (χ2n) is 2.90. The van der Waals surface area contributed by atoms with E-state index in [2.05, 4.69) is 0 Å². The lowest BCUT2D eigenvalue weighted by Gasteiger charge is -2.06. The average molecular weight is 194 g/mol. The van der Waals surface area contributed by atoms with Crippen LogP contribution in [0.15, 0.2) is 24.3 Å². The summed E-state index contributed by atoms with van der Waals surface area (Å²) in [4.78, 5) is 10.7. The van der Waals surface area contributed by atoms with E-state index in [1.165, 1.54) is 6.92 Å². The second kappa shape index (κ2) is 5.27. The number of rotatable bonds is 5. The summed E-state index contributed by atoms with van der Waals surface area (Å²) in [5.41, 5.74) is 0. The molecule has 0 atom stereocenters. The van der Waals surface area contributed by atoms with Crippen LogP contribution in [0.4, 0.5) is 0 Å². The fourth-order valence-corrected chi connectivity index (χ4v) is 1.01. The van der Waals surface area contributed by atoms with Crippen molar-refractivity contribution < 1.29 is 14.3 Å². The molecule has 0 N–H and O–H groups in total. The van der Waals surface area contributed by atoms with Crippen LogP contribution in [0.3, 0.4) is 0 Å². The van der Waals surface area contributed by atoms with Gasteiger partial charge in [0.15, 0.2) is 5.78 Å². The molecule has 14 heavy (non-hydrogen) atoms. The van der Waals surface area contributed by atoms with Gasteiger partial charge in [-0.15, -0.1) is 0 Å². The van der Waals surface area contributed by atoms with Gasteiger partial charge in [-0.2, -0.15) is 0 Å². The maximum atomic E-state index is 10.7. The van der Waals surface area contributed by atoms with Gasteiger partial charge in [-0.1, -0.05) is 6.07 Å². The van der Waals surface area contributed by atoms with Gasteiger partial charge in [0.1, 0.15) is 18.1 Å². The maximum absolute atomic E-state index is 10.7. The Balaban J connectivity index is 2.58. The van der Waals surface area contributed by atoms with E-state index in [0.29, 0.717) is 12.4 Å². The molecule has 0 aliphatic heterocycles. The highest BCUT2D eigenvalue weighted by molar-refractivity contribution is 5.77. The monoisotopic (exact) mass is 194 g/mol. The summed E-state index contributed by atoms with van der Waals surface area (Å²) in [6.45, 7) is 4.14. The average Bonchev–Trinajstić information content (AvgIpc) is 2.16. The molecule has 0 unspecified atom stereocenters. The Morgan fingerprint density at radius 3 is 2.50 bits per heavy atom. The lowest BCUT2D eigenvalue weighted by atomic mass is 10.3. The number of benzene rings is 1. The van der Waals surface area contributed by atoms with Crippen LogP contribution in [0.25, 0.3) is 0 Å². The summed E-state index contributed by atoms with van der Waals surface area (Å²) >= 11 is 0. The number of ketones is 1. The smallest absolute Gasteiger partial charge is 0.167 e. The molecule has 76 valence electrons. The first kappa shape index (κ1) is 10.6. The van der Waals surface area contributed by atoms with E-state index in [9.17, 15) is 4.79 Å². The Labute approximate surface area is 83.6 Å². The summed E-state index contributed by atoms with van der Waals surface area (Å²) in [6, 6.07) is 7.25. The Kier molecular flexibility index (Phi) is 3.98. The molecule has 0 saturated carbocycles. The standard InChI is InChI=1S/C11H14O3/c1-3-13-10-5-4-6-11(7-10)14-8-9(2)12/h4-7H,3,8H2,1-2H3. The van der Waals surface area contributed by atoms with Crippen LogP contribution in [0.1, 0.15) is 13.8 Å². The molecule has 0 heterocycles. The predicted molar refractivity (Wildman–Crippen MR) is 53.8 cm³/mol. The molecule has 1 aromatic carbocycles. The lowest BCUT2D eigenvalue weighted by molar-refractivity contribution is -0.118. The van der Waals surface area contributed by atoms with Crippen LogP contribution in [-0.4, -0.2) is 19.0 Å². The number of carbonyl (C=O) groups excluding carboxylic acids is 1. The Morgan fingerprint density at radius 2 is 1.93 bits per heavy atom. The zero-order valence-corrected chi connectivity index (χ0v) is 8.45. The maximum Gasteiger partial charge on any atom is 0.167 e. The first-order valence-corrected chi connectivity index (χ1v) is 4.57. The van der Waals surface area contributed by atoms with Gasteiger partial charge < -0.3 is 9.47 Å². The minimum Gasteiger partial charge on any atom is -0.494 e. The topological polar surface area (TPSA) is 35.5 Å². The van der Waals surface area contributed by atoms with Crippen molar-refractivity contribution in [3.05, 3.63) is 24.3 Å². The molecular weight excluding hydrogens is 180 g/mol. The molecule has 0 spiro atoms. The highest BCUT2D eigenvalue weighted by Gasteiger charge is 1.98. The Bertz CT molecular complexity index is 307. The van der Waals surface area contributed by atoms with Gasteiger partial charge in [-0.25, -0.2) is 0 Å². The molecule has 0 radical (unpaired) electrons. The molecule has 0 aromatic heterocycles.